The number of aromatic nitrogens is 2. The van der Waals surface area contributed by atoms with Gasteiger partial charge in [0.05, 0.1) is 21.2 Å². The number of benzene rings is 2. The molecule has 2 N–H and O–H groups in total. The van der Waals surface area contributed by atoms with Gasteiger partial charge in [-0.3, -0.25) is 4.72 Å². The van der Waals surface area contributed by atoms with Crippen LogP contribution in [0.4, 0.5) is 10.2 Å². The van der Waals surface area contributed by atoms with Crippen molar-refractivity contribution >= 4 is 45.0 Å². The highest BCUT2D eigenvalue weighted by atomic mass is 35.5. The van der Waals surface area contributed by atoms with Crippen molar-refractivity contribution in [2.75, 3.05) is 4.72 Å². The molecule has 0 fully saturated rings. The third-order valence-electron chi connectivity index (χ3n) is 3.47. The number of anilines is 1. The first-order valence-electron chi connectivity index (χ1n) is 7.24. The molecule has 0 amide bonds. The van der Waals surface area contributed by atoms with Crippen LogP contribution in [0.25, 0.3) is 5.69 Å². The van der Waals surface area contributed by atoms with Gasteiger partial charge < -0.3 is 5.11 Å². The summed E-state index contributed by atoms with van der Waals surface area (Å²) in [6.07, 6.45) is 1.47. The number of hydrogen-bond acceptors (Lipinski definition) is 4. The summed E-state index contributed by atoms with van der Waals surface area (Å²) in [5.74, 6) is -2.70. The van der Waals surface area contributed by atoms with E-state index in [9.17, 15) is 17.6 Å². The van der Waals surface area contributed by atoms with Gasteiger partial charge in [0.1, 0.15) is 5.82 Å². The lowest BCUT2D eigenvalue weighted by atomic mass is 10.2. The lowest BCUT2D eigenvalue weighted by Gasteiger charge is -2.07. The van der Waals surface area contributed by atoms with E-state index in [1.165, 1.54) is 23.0 Å². The van der Waals surface area contributed by atoms with Gasteiger partial charge in [-0.05, 0) is 36.4 Å². The zero-order chi connectivity index (χ0) is 19.8. The fraction of sp³-hybridized carbons (Fsp3) is 0. The second kappa shape index (κ2) is 7.18. The Hall–Kier alpha value is -2.62. The Labute approximate surface area is 163 Å². The third kappa shape index (κ3) is 4.05. The molecule has 0 spiro atoms. The molecular weight excluding hydrogens is 420 g/mol. The van der Waals surface area contributed by atoms with Crippen molar-refractivity contribution in [1.29, 1.82) is 0 Å². The number of aromatic carboxylic acids is 1. The molecule has 7 nitrogen and oxygen atoms in total. The van der Waals surface area contributed by atoms with Crippen LogP contribution < -0.4 is 4.72 Å². The molecule has 0 aliphatic heterocycles. The van der Waals surface area contributed by atoms with Gasteiger partial charge in [-0.2, -0.15) is 0 Å². The predicted molar refractivity (Wildman–Crippen MR) is 97.8 cm³/mol. The van der Waals surface area contributed by atoms with Crippen LogP contribution in [0.15, 0.2) is 53.6 Å². The van der Waals surface area contributed by atoms with Gasteiger partial charge in [0, 0.05) is 17.3 Å². The summed E-state index contributed by atoms with van der Waals surface area (Å²) in [7, 11) is -4.18. The maximum Gasteiger partial charge on any atom is 0.338 e. The number of nitrogens with zero attached hydrogens (tertiary/aromatic N) is 2. The molecule has 0 atom stereocenters. The van der Waals surface area contributed by atoms with Crippen molar-refractivity contribution in [2.45, 2.75) is 4.90 Å². The highest BCUT2D eigenvalue weighted by Crippen LogP contribution is 2.25. The summed E-state index contributed by atoms with van der Waals surface area (Å²) in [5, 5.41) is 13.6. The van der Waals surface area contributed by atoms with Crippen molar-refractivity contribution in [3.05, 3.63) is 70.1 Å². The molecule has 0 aliphatic rings. The summed E-state index contributed by atoms with van der Waals surface area (Å²) in [6, 6.07) is 8.58. The second-order valence-corrected chi connectivity index (χ2v) is 7.82. The summed E-state index contributed by atoms with van der Waals surface area (Å²) < 4.78 is 42.0. The topological polar surface area (TPSA) is 101 Å². The molecule has 3 rings (SSSR count). The van der Waals surface area contributed by atoms with E-state index < -0.39 is 32.3 Å². The molecule has 140 valence electrons. The van der Waals surface area contributed by atoms with Gasteiger partial charge in [-0.1, -0.05) is 23.2 Å². The first kappa shape index (κ1) is 19.2. The van der Waals surface area contributed by atoms with E-state index >= 15 is 0 Å². The van der Waals surface area contributed by atoms with Crippen LogP contribution >= 0.6 is 23.2 Å². The number of halogens is 3. The van der Waals surface area contributed by atoms with Crippen LogP contribution in [-0.2, 0) is 10.0 Å². The van der Waals surface area contributed by atoms with E-state index in [1.807, 2.05) is 0 Å². The number of nitrogens with one attached hydrogen (secondary N) is 1. The third-order valence-corrected chi connectivity index (χ3v) is 5.36. The van der Waals surface area contributed by atoms with Crippen molar-refractivity contribution in [3.8, 4) is 5.69 Å². The fourth-order valence-corrected chi connectivity index (χ4v) is 3.72. The quantitative estimate of drug-likeness (QED) is 0.641. The molecular formula is C16H10Cl2FN3O4S. The monoisotopic (exact) mass is 429 g/mol. The van der Waals surface area contributed by atoms with E-state index in [0.29, 0.717) is 21.8 Å². The maximum absolute atomic E-state index is 13.8. The van der Waals surface area contributed by atoms with E-state index in [-0.39, 0.29) is 5.82 Å². The van der Waals surface area contributed by atoms with E-state index in [0.717, 1.165) is 12.1 Å². The van der Waals surface area contributed by atoms with Gasteiger partial charge in [-0.25, -0.2) is 22.3 Å². The lowest BCUT2D eigenvalue weighted by molar-refractivity contribution is 0.0691. The molecule has 0 saturated heterocycles. The zero-order valence-electron chi connectivity index (χ0n) is 13.2. The summed E-state index contributed by atoms with van der Waals surface area (Å²) in [5.41, 5.74) is -0.154. The highest BCUT2D eigenvalue weighted by Gasteiger charge is 2.20. The molecule has 0 unspecified atom stereocenters. The molecule has 0 saturated carbocycles. The average Bonchev–Trinajstić information content (AvgIpc) is 3.01. The molecule has 0 radical (unpaired) electrons. The Balaban J connectivity index is 1.88. The van der Waals surface area contributed by atoms with Gasteiger partial charge in [-0.15, -0.1) is 5.10 Å². The maximum atomic E-state index is 13.8. The smallest absolute Gasteiger partial charge is 0.338 e. The van der Waals surface area contributed by atoms with Crippen molar-refractivity contribution < 1.29 is 22.7 Å². The van der Waals surface area contributed by atoms with Crippen LogP contribution in [-0.4, -0.2) is 29.3 Å². The van der Waals surface area contributed by atoms with Crippen LogP contribution in [0.2, 0.25) is 10.0 Å². The van der Waals surface area contributed by atoms with E-state index in [2.05, 4.69) is 9.82 Å². The molecule has 1 heterocycles. The Morgan fingerprint density at radius 1 is 1.15 bits per heavy atom. The molecule has 2 aromatic carbocycles. The molecule has 27 heavy (non-hydrogen) atoms. The van der Waals surface area contributed by atoms with Crippen LogP contribution in [0.5, 0.6) is 0 Å². The molecule has 11 heteroatoms. The first-order valence-corrected chi connectivity index (χ1v) is 9.48. The van der Waals surface area contributed by atoms with Crippen molar-refractivity contribution in [2.24, 2.45) is 0 Å². The molecule has 1 aromatic heterocycles. The number of hydrogen-bond donors (Lipinski definition) is 2. The Kier molecular flexibility index (Phi) is 5.09. The summed E-state index contributed by atoms with van der Waals surface area (Å²) >= 11 is 11.9. The van der Waals surface area contributed by atoms with Crippen molar-refractivity contribution in [3.63, 3.8) is 0 Å². The molecule has 0 aliphatic carbocycles. The minimum Gasteiger partial charge on any atom is -0.478 e. The Morgan fingerprint density at radius 3 is 2.52 bits per heavy atom. The van der Waals surface area contributed by atoms with E-state index in [1.54, 1.807) is 12.1 Å². The number of carboxylic acid groups (broad SMARTS) is 1. The van der Waals surface area contributed by atoms with E-state index in [4.69, 9.17) is 28.3 Å². The van der Waals surface area contributed by atoms with Crippen molar-refractivity contribution in [1.82, 2.24) is 9.78 Å². The second-order valence-electron chi connectivity index (χ2n) is 5.29. The normalized spacial score (nSPS) is 11.4. The first-order chi connectivity index (χ1) is 12.7. The highest BCUT2D eigenvalue weighted by molar-refractivity contribution is 7.92. The number of carboxylic acids is 1. The summed E-state index contributed by atoms with van der Waals surface area (Å²) in [6.45, 7) is 0. The lowest BCUT2D eigenvalue weighted by Crippen LogP contribution is -2.14. The predicted octanol–water partition coefficient (Wildman–Crippen LogP) is 3.82. The van der Waals surface area contributed by atoms with Gasteiger partial charge in [0.15, 0.2) is 5.82 Å². The molecule has 0 bridgehead atoms. The number of sulfonamides is 1. The van der Waals surface area contributed by atoms with Crippen LogP contribution in [0.1, 0.15) is 10.4 Å². The average molecular weight is 430 g/mol. The minimum atomic E-state index is -4.18. The standard InChI is InChI=1S/C16H10Cl2FN3O4S/c17-9-1-4-14(12(18)7-9)22-6-5-15(20-22)21-27(25,26)10-2-3-11(16(23)24)13(19)8-10/h1-8H,(H,20,21)(H,23,24). The van der Waals surface area contributed by atoms with Crippen LogP contribution in [0.3, 0.4) is 0 Å². The Bertz CT molecular complexity index is 1150. The fourth-order valence-electron chi connectivity index (χ4n) is 2.21. The zero-order valence-corrected chi connectivity index (χ0v) is 15.6. The van der Waals surface area contributed by atoms with Crippen LogP contribution in [0, 0.1) is 5.82 Å². The minimum absolute atomic E-state index is 0.0382. The van der Waals surface area contributed by atoms with Gasteiger partial charge >= 0.3 is 5.97 Å². The Morgan fingerprint density at radius 2 is 1.89 bits per heavy atom. The van der Waals surface area contributed by atoms with Gasteiger partial charge in [0.2, 0.25) is 0 Å². The van der Waals surface area contributed by atoms with Gasteiger partial charge in [0.25, 0.3) is 10.0 Å². The number of carbonyl (C=O) groups is 1. The molecule has 3 aromatic rings. The summed E-state index contributed by atoms with van der Waals surface area (Å²) in [4.78, 5) is 10.4. The number of rotatable bonds is 5. The SMILES string of the molecule is O=C(O)c1ccc(S(=O)(=O)Nc2ccn(-c3ccc(Cl)cc3Cl)n2)cc1F. The largest absolute Gasteiger partial charge is 0.478 e.